The number of aliphatic hydroxyl groups is 2. The van der Waals surface area contributed by atoms with E-state index < -0.39 is 22.7 Å². The molecule has 122 valence electrons. The van der Waals surface area contributed by atoms with Crippen molar-refractivity contribution in [1.82, 2.24) is 0 Å². The van der Waals surface area contributed by atoms with E-state index in [1.165, 1.54) is 0 Å². The summed E-state index contributed by atoms with van der Waals surface area (Å²) in [6, 6.07) is 0. The molecule has 0 bridgehead atoms. The zero-order valence-electron chi connectivity index (χ0n) is 13.0. The third-order valence-corrected chi connectivity index (χ3v) is 1.99. The fourth-order valence-electron chi connectivity index (χ4n) is 1.04. The zero-order chi connectivity index (χ0) is 17.1. The molecule has 0 aliphatic carbocycles. The quantitative estimate of drug-likeness (QED) is 0.335. The Morgan fingerprint density at radius 1 is 1.43 bits per heavy atom. The van der Waals surface area contributed by atoms with Crippen molar-refractivity contribution in [1.29, 1.82) is 0 Å². The molecular formula is C14H25NO6. The van der Waals surface area contributed by atoms with Gasteiger partial charge in [0.1, 0.15) is 5.60 Å². The fraction of sp³-hybridized carbons (Fsp3) is 0.643. The molecule has 0 heterocycles. The molecule has 0 aromatic heterocycles. The number of carbonyl (C=O) groups is 1. The summed E-state index contributed by atoms with van der Waals surface area (Å²) in [6.45, 7) is 10.5. The van der Waals surface area contributed by atoms with E-state index in [9.17, 15) is 14.9 Å². The van der Waals surface area contributed by atoms with Crippen molar-refractivity contribution in [2.45, 2.75) is 58.3 Å². The van der Waals surface area contributed by atoms with E-state index in [0.29, 0.717) is 12.6 Å². The van der Waals surface area contributed by atoms with Crippen LogP contribution in [0.5, 0.6) is 0 Å². The molecule has 0 aliphatic rings. The summed E-state index contributed by atoms with van der Waals surface area (Å²) in [5.41, 5.74) is -0.398. The first-order chi connectivity index (χ1) is 9.51. The largest absolute Gasteiger partial charge is 0.457 e. The molecule has 2 atom stereocenters. The van der Waals surface area contributed by atoms with Crippen LogP contribution in [0.15, 0.2) is 24.9 Å². The molecule has 0 spiro atoms. The van der Waals surface area contributed by atoms with Crippen LogP contribution in [0.3, 0.4) is 0 Å². The van der Waals surface area contributed by atoms with Crippen LogP contribution in [-0.4, -0.2) is 38.9 Å². The third kappa shape index (κ3) is 18.3. The molecule has 0 aromatic rings. The highest BCUT2D eigenvalue weighted by atomic mass is 16.6. The molecule has 0 unspecified atom stereocenters. The van der Waals surface area contributed by atoms with Crippen molar-refractivity contribution in [2.24, 2.45) is 0 Å². The predicted octanol–water partition coefficient (Wildman–Crippen LogP) is 1.81. The van der Waals surface area contributed by atoms with Crippen LogP contribution >= 0.6 is 0 Å². The monoisotopic (exact) mass is 303 g/mol. The molecular weight excluding hydrogens is 278 g/mol. The molecule has 2 N–H and O–H groups in total. The summed E-state index contributed by atoms with van der Waals surface area (Å²) < 4.78 is 4.83. The highest BCUT2D eigenvalue weighted by Crippen LogP contribution is 2.06. The molecule has 0 aliphatic heterocycles. The lowest BCUT2D eigenvalue weighted by atomic mass is 10.1. The second kappa shape index (κ2) is 11.0. The average Bonchev–Trinajstić information content (AvgIpc) is 2.34. The highest BCUT2D eigenvalue weighted by Gasteiger charge is 2.12. The first-order valence-electron chi connectivity index (χ1n) is 6.55. The number of aliphatic hydroxyl groups excluding tert-OH is 2. The maximum atomic E-state index is 10.5. The molecule has 0 rings (SSSR count). The van der Waals surface area contributed by atoms with Gasteiger partial charge in [0.05, 0.1) is 17.1 Å². The Kier molecular flexibility index (Phi) is 11.3. The van der Waals surface area contributed by atoms with E-state index in [-0.39, 0.29) is 12.4 Å². The van der Waals surface area contributed by atoms with Crippen molar-refractivity contribution in [2.75, 3.05) is 0 Å². The zero-order valence-corrected chi connectivity index (χ0v) is 13.0. The Labute approximate surface area is 125 Å². The second-order valence-corrected chi connectivity index (χ2v) is 5.23. The maximum absolute atomic E-state index is 10.5. The number of nitro groups is 1. The van der Waals surface area contributed by atoms with Gasteiger partial charge in [0.25, 0.3) is 0 Å². The van der Waals surface area contributed by atoms with Gasteiger partial charge in [-0.3, -0.25) is 10.1 Å². The minimum absolute atomic E-state index is 0.140. The summed E-state index contributed by atoms with van der Waals surface area (Å²) in [5.74, 6) is -0.373. The summed E-state index contributed by atoms with van der Waals surface area (Å²) in [7, 11) is 0. The van der Waals surface area contributed by atoms with Crippen molar-refractivity contribution in [3.63, 3.8) is 0 Å². The SMILES string of the molecule is C=CC(=O)OC(C)(C)C.CC[C@@H](O)C[C@H](O)C=C[N+](=O)[O-]. The van der Waals surface area contributed by atoms with Crippen LogP contribution in [0.1, 0.15) is 40.5 Å². The third-order valence-electron chi connectivity index (χ3n) is 1.99. The van der Waals surface area contributed by atoms with Gasteiger partial charge >= 0.3 is 5.97 Å². The molecule has 0 saturated carbocycles. The Hall–Kier alpha value is -1.73. The van der Waals surface area contributed by atoms with Crippen molar-refractivity contribution in [3.05, 3.63) is 35.0 Å². The number of nitrogens with zero attached hydrogens (tertiary/aromatic N) is 1. The van der Waals surface area contributed by atoms with Crippen molar-refractivity contribution >= 4 is 5.97 Å². The summed E-state index contributed by atoms with van der Waals surface area (Å²) >= 11 is 0. The van der Waals surface area contributed by atoms with E-state index in [0.717, 1.165) is 12.2 Å². The summed E-state index contributed by atoms with van der Waals surface area (Å²) in [6.07, 6.45) is 2.02. The van der Waals surface area contributed by atoms with Crippen molar-refractivity contribution in [3.8, 4) is 0 Å². The second-order valence-electron chi connectivity index (χ2n) is 5.23. The van der Waals surface area contributed by atoms with Crippen LogP contribution in [0, 0.1) is 10.1 Å². The lowest BCUT2D eigenvalue weighted by Gasteiger charge is -2.17. The molecule has 21 heavy (non-hydrogen) atoms. The van der Waals surface area contributed by atoms with Gasteiger partial charge < -0.3 is 14.9 Å². The highest BCUT2D eigenvalue weighted by molar-refractivity contribution is 5.81. The van der Waals surface area contributed by atoms with E-state index in [1.54, 1.807) is 6.92 Å². The Morgan fingerprint density at radius 3 is 2.24 bits per heavy atom. The van der Waals surface area contributed by atoms with Gasteiger partial charge in [-0.1, -0.05) is 13.5 Å². The van der Waals surface area contributed by atoms with Crippen molar-refractivity contribution < 1.29 is 24.7 Å². The van der Waals surface area contributed by atoms with Gasteiger partial charge in [0.15, 0.2) is 0 Å². The number of hydrogen-bond acceptors (Lipinski definition) is 6. The molecule has 7 nitrogen and oxygen atoms in total. The first-order valence-corrected chi connectivity index (χ1v) is 6.55. The lowest BCUT2D eigenvalue weighted by Crippen LogP contribution is -2.22. The minimum Gasteiger partial charge on any atom is -0.457 e. The van der Waals surface area contributed by atoms with E-state index >= 15 is 0 Å². The maximum Gasteiger partial charge on any atom is 0.330 e. The first kappa shape index (κ1) is 21.6. The van der Waals surface area contributed by atoms with Crippen LogP contribution < -0.4 is 0 Å². The number of carbonyl (C=O) groups excluding carboxylic acids is 1. The minimum atomic E-state index is -0.939. The number of rotatable bonds is 6. The van der Waals surface area contributed by atoms with E-state index in [1.807, 2.05) is 20.8 Å². The Morgan fingerprint density at radius 2 is 1.95 bits per heavy atom. The molecule has 0 aromatic carbocycles. The van der Waals surface area contributed by atoms with Gasteiger partial charge in [-0.2, -0.15) is 0 Å². The van der Waals surface area contributed by atoms with Gasteiger partial charge in [-0.25, -0.2) is 4.79 Å². The van der Waals surface area contributed by atoms with Gasteiger partial charge in [0, 0.05) is 18.6 Å². The Bertz CT molecular complexity index is 359. The molecule has 0 amide bonds. The summed E-state index contributed by atoms with van der Waals surface area (Å²) in [5, 5.41) is 27.9. The molecule has 0 fully saturated rings. The molecule has 0 radical (unpaired) electrons. The molecule has 0 saturated heterocycles. The Balaban J connectivity index is 0. The number of esters is 1. The molecule has 7 heteroatoms. The standard InChI is InChI=1S/C7H13NO4.C7H12O2/c1-2-6(9)5-7(10)3-4-8(11)12;1-5-6(8)9-7(2,3)4/h3-4,6-7,9-10H,2,5H2,1H3;5H,1H2,2-4H3/t6-,7-;/m1./s1. The van der Waals surface area contributed by atoms with E-state index in [2.05, 4.69) is 6.58 Å². The van der Waals surface area contributed by atoms with Crippen LogP contribution in [-0.2, 0) is 9.53 Å². The van der Waals surface area contributed by atoms with Crippen LogP contribution in [0.4, 0.5) is 0 Å². The topological polar surface area (TPSA) is 110 Å². The summed E-state index contributed by atoms with van der Waals surface area (Å²) in [4.78, 5) is 19.6. The van der Waals surface area contributed by atoms with Crippen LogP contribution in [0.25, 0.3) is 0 Å². The van der Waals surface area contributed by atoms with Gasteiger partial charge in [0.2, 0.25) is 6.20 Å². The smallest absolute Gasteiger partial charge is 0.330 e. The van der Waals surface area contributed by atoms with E-state index in [4.69, 9.17) is 14.9 Å². The van der Waals surface area contributed by atoms with Gasteiger partial charge in [-0.15, -0.1) is 0 Å². The lowest BCUT2D eigenvalue weighted by molar-refractivity contribution is -0.403. The fourth-order valence-corrected chi connectivity index (χ4v) is 1.04. The average molecular weight is 303 g/mol. The number of hydrogen-bond donors (Lipinski definition) is 2. The predicted molar refractivity (Wildman–Crippen MR) is 79.1 cm³/mol. The van der Waals surface area contributed by atoms with Crippen LogP contribution in [0.2, 0.25) is 0 Å². The number of ether oxygens (including phenoxy) is 1. The normalized spacial score (nSPS) is 13.8. The van der Waals surface area contributed by atoms with Gasteiger partial charge in [-0.05, 0) is 27.2 Å².